The number of benzene rings is 3. The van der Waals surface area contributed by atoms with Crippen molar-refractivity contribution < 1.29 is 37.2 Å². The van der Waals surface area contributed by atoms with Crippen molar-refractivity contribution in [3.05, 3.63) is 88.3 Å². The fourth-order valence-electron chi connectivity index (χ4n) is 6.01. The van der Waals surface area contributed by atoms with Gasteiger partial charge in [0, 0.05) is 53.3 Å². The molecule has 6 rings (SSSR count). The second-order valence-corrected chi connectivity index (χ2v) is 18.2. The van der Waals surface area contributed by atoms with E-state index in [0.717, 1.165) is 69.2 Å². The van der Waals surface area contributed by atoms with E-state index in [2.05, 4.69) is 73.3 Å². The van der Waals surface area contributed by atoms with Gasteiger partial charge in [0.1, 0.15) is 16.9 Å². The maximum absolute atomic E-state index is 12.0. The second-order valence-electron chi connectivity index (χ2n) is 16.2. The number of fused-ring (bicyclic) bond motifs is 3. The lowest BCUT2D eigenvalue weighted by molar-refractivity contribution is -0.252. The van der Waals surface area contributed by atoms with E-state index in [1.165, 1.54) is 31.2 Å². The third-order valence-corrected chi connectivity index (χ3v) is 10.2. The maximum atomic E-state index is 12.0. The highest BCUT2D eigenvalue weighted by molar-refractivity contribution is 9.09. The van der Waals surface area contributed by atoms with Crippen molar-refractivity contribution in [2.24, 2.45) is 0 Å². The van der Waals surface area contributed by atoms with Gasteiger partial charge in [-0.25, -0.2) is 9.59 Å². The van der Waals surface area contributed by atoms with Gasteiger partial charge in [0.15, 0.2) is 0 Å². The number of rotatable bonds is 10. The van der Waals surface area contributed by atoms with Crippen molar-refractivity contribution in [3.63, 3.8) is 0 Å². The Balaban J connectivity index is 0.000000439. The average Bonchev–Trinajstić information content (AvgIpc) is 3.82. The van der Waals surface area contributed by atoms with Crippen LogP contribution in [0.15, 0.2) is 73.2 Å². The number of halogens is 5. The maximum Gasteiger partial charge on any atom is 0.412 e. The quantitative estimate of drug-likeness (QED) is 0.102. The Morgan fingerprint density at radius 2 is 1.11 bits per heavy atom. The van der Waals surface area contributed by atoms with Crippen LogP contribution in [0.2, 0.25) is 15.1 Å². The van der Waals surface area contributed by atoms with E-state index in [9.17, 15) is 9.59 Å². The first-order valence-corrected chi connectivity index (χ1v) is 22.8. The molecule has 3 aromatic carbocycles. The van der Waals surface area contributed by atoms with Gasteiger partial charge < -0.3 is 41.7 Å². The number of hydrogen-bond acceptors (Lipinski definition) is 4. The summed E-state index contributed by atoms with van der Waals surface area (Å²) >= 11 is 21.9. The second kappa shape index (κ2) is 26.9. The number of unbranched alkanes of at least 4 members (excludes halogenated alkanes) is 3. The number of nitrogens with zero attached hydrogens (tertiary/aromatic N) is 2. The minimum Gasteiger partial charge on any atom is -1.00 e. The molecule has 0 radical (unpaired) electrons. The molecule has 3 heterocycles. The summed E-state index contributed by atoms with van der Waals surface area (Å²) in [5, 5.41) is 11.4. The first-order valence-electron chi connectivity index (χ1n) is 20.5. The summed E-state index contributed by atoms with van der Waals surface area (Å²) < 4.78 is 14.9. The number of aromatic nitrogens is 3. The van der Waals surface area contributed by atoms with E-state index in [1.54, 1.807) is 12.3 Å². The smallest absolute Gasteiger partial charge is 0.412 e. The number of hydrogen-bond donors (Lipinski definition) is 4. The molecule has 0 bridgehead atoms. The van der Waals surface area contributed by atoms with E-state index >= 15 is 0 Å². The summed E-state index contributed by atoms with van der Waals surface area (Å²) in [4.78, 5) is 26.7. The number of aromatic amines is 1. The van der Waals surface area contributed by atoms with Crippen LogP contribution in [-0.4, -0.2) is 42.8 Å². The zero-order chi connectivity index (χ0) is 44.6. The predicted molar refractivity (Wildman–Crippen MR) is 265 cm³/mol. The van der Waals surface area contributed by atoms with E-state index in [-0.39, 0.29) is 19.8 Å². The molecule has 0 saturated carbocycles. The summed E-state index contributed by atoms with van der Waals surface area (Å²) in [5.74, 6) is 0. The molecule has 15 heteroatoms. The van der Waals surface area contributed by atoms with Crippen LogP contribution in [0.5, 0.6) is 0 Å². The van der Waals surface area contributed by atoms with Crippen molar-refractivity contribution in [1.82, 2.24) is 14.1 Å². The zero-order valence-electron chi connectivity index (χ0n) is 36.9. The SMILES string of the molecule is C.CC(C)(C)OC(=O)Nc1cccc2[nH]cc(Cl)c12.CCCCBr.CCCCn1cc(Cl)c2c(NC(=O)OC(C)(C)C)cccc21.CCCCn1cc(Cl)c2c([NH3+])cccc21.[Cl-]. The number of nitrogens with one attached hydrogen (secondary N) is 3. The highest BCUT2D eigenvalue weighted by atomic mass is 79.9. The van der Waals surface area contributed by atoms with Gasteiger partial charge in [0.2, 0.25) is 0 Å². The van der Waals surface area contributed by atoms with Crippen LogP contribution in [0, 0.1) is 0 Å². The van der Waals surface area contributed by atoms with E-state index in [1.807, 2.05) is 96.4 Å². The van der Waals surface area contributed by atoms with E-state index in [4.69, 9.17) is 44.3 Å². The van der Waals surface area contributed by atoms with Crippen LogP contribution in [0.1, 0.15) is 108 Å². The Morgan fingerprint density at radius 3 is 1.56 bits per heavy atom. The largest absolute Gasteiger partial charge is 1.00 e. The Labute approximate surface area is 398 Å². The summed E-state index contributed by atoms with van der Waals surface area (Å²) in [6.07, 6.45) is 11.8. The standard InChI is InChI=1S/C17H23ClN2O2.C13H15ClN2O2.C12H15ClN2.C4H9Br.CH4.ClH/c1-5-6-10-20-11-12(18)15-13(8-7-9-14(15)20)19-16(21)22-17(2,3)4;1-13(2,3)18-12(17)16-10-6-4-5-9-11(10)8(14)7-15-9;1-2-3-7-15-8-9(13)12-10(14)5-4-6-11(12)15;1-2-3-4-5;;/h7-9,11H,5-6,10H2,1-4H3,(H,19,21);4-7,15H,1-3H3,(H,16,17);4-6,8H,2-3,7,14H2,1H3;2-4H2,1H3;1H4;1H. The molecule has 0 aliphatic rings. The fraction of sp³-hybridized carbons (Fsp3) is 0.447. The molecule has 0 aliphatic heterocycles. The van der Waals surface area contributed by atoms with Gasteiger partial charge in [-0.3, -0.25) is 10.6 Å². The molecule has 0 spiro atoms. The van der Waals surface area contributed by atoms with Crippen molar-refractivity contribution in [2.45, 2.75) is 133 Å². The van der Waals surface area contributed by atoms with E-state index in [0.29, 0.717) is 21.4 Å². The summed E-state index contributed by atoms with van der Waals surface area (Å²) in [6, 6.07) is 17.4. The van der Waals surface area contributed by atoms with Crippen molar-refractivity contribution in [3.8, 4) is 0 Å². The zero-order valence-corrected chi connectivity index (χ0v) is 41.5. The Morgan fingerprint density at radius 1 is 0.677 bits per heavy atom. The molecule has 0 saturated heterocycles. The molecule has 3 aromatic heterocycles. The lowest BCUT2D eigenvalue weighted by atomic mass is 10.2. The lowest BCUT2D eigenvalue weighted by Crippen LogP contribution is -3.00. The van der Waals surface area contributed by atoms with Crippen LogP contribution in [0.4, 0.5) is 26.7 Å². The first-order chi connectivity index (χ1) is 28.3. The third-order valence-electron chi connectivity index (χ3n) is 8.73. The molecule has 6 N–H and O–H groups in total. The van der Waals surface area contributed by atoms with Crippen molar-refractivity contribution in [1.29, 1.82) is 0 Å². The van der Waals surface area contributed by atoms with Crippen molar-refractivity contribution in [2.75, 3.05) is 16.0 Å². The molecule has 0 atom stereocenters. The number of carbonyl (C=O) groups excluding carboxylic acids is 2. The monoisotopic (exact) mass is 998 g/mol. The normalized spacial score (nSPS) is 10.9. The number of alkyl halides is 1. The summed E-state index contributed by atoms with van der Waals surface area (Å²) in [7, 11) is 0. The van der Waals surface area contributed by atoms with Crippen LogP contribution < -0.4 is 28.8 Å². The molecule has 344 valence electrons. The first kappa shape index (κ1) is 56.4. The predicted octanol–water partition coefficient (Wildman–Crippen LogP) is 12.4. The molecular formula is C47H67BrCl4N6O4. The van der Waals surface area contributed by atoms with Gasteiger partial charge in [0.05, 0.1) is 42.9 Å². The Bertz CT molecular complexity index is 2290. The van der Waals surface area contributed by atoms with Gasteiger partial charge in [-0.2, -0.15) is 0 Å². The van der Waals surface area contributed by atoms with Gasteiger partial charge in [0.25, 0.3) is 0 Å². The molecule has 0 unspecified atom stereocenters. The minimum atomic E-state index is -0.533. The minimum absolute atomic E-state index is 0. The molecular weight excluding hydrogens is 934 g/mol. The van der Waals surface area contributed by atoms with Crippen LogP contribution in [-0.2, 0) is 22.6 Å². The Hall–Kier alpha value is -3.58. The lowest BCUT2D eigenvalue weighted by Gasteiger charge is -2.20. The molecule has 6 aromatic rings. The molecule has 10 nitrogen and oxygen atoms in total. The van der Waals surface area contributed by atoms with E-state index < -0.39 is 23.4 Å². The number of aryl methyl sites for hydroxylation is 2. The summed E-state index contributed by atoms with van der Waals surface area (Å²) in [5.41, 5.74) is 8.34. The number of H-pyrrole nitrogens is 1. The highest BCUT2D eigenvalue weighted by Crippen LogP contribution is 2.34. The molecule has 0 aliphatic carbocycles. The van der Waals surface area contributed by atoms with Crippen LogP contribution >= 0.6 is 50.7 Å². The number of anilines is 2. The number of quaternary nitrogens is 1. The third kappa shape index (κ3) is 17.5. The van der Waals surface area contributed by atoms with Gasteiger partial charge in [-0.05, 0) is 97.2 Å². The summed E-state index contributed by atoms with van der Waals surface area (Å²) in [6.45, 7) is 19.4. The van der Waals surface area contributed by atoms with Crippen LogP contribution in [0.25, 0.3) is 32.7 Å². The topological polar surface area (TPSA) is 130 Å². The van der Waals surface area contributed by atoms with Gasteiger partial charge in [-0.1, -0.05) is 116 Å². The average molecular weight is 1000 g/mol. The number of ether oxygens (including phenoxy) is 2. The van der Waals surface area contributed by atoms with Gasteiger partial charge >= 0.3 is 12.2 Å². The molecule has 62 heavy (non-hydrogen) atoms. The van der Waals surface area contributed by atoms with Crippen LogP contribution in [0.3, 0.4) is 0 Å². The molecule has 0 fully saturated rings. The Kier molecular flexibility index (Phi) is 24.5. The number of amides is 2. The van der Waals surface area contributed by atoms with Gasteiger partial charge in [-0.15, -0.1) is 0 Å². The highest BCUT2D eigenvalue weighted by Gasteiger charge is 2.20. The molecule has 2 amide bonds. The van der Waals surface area contributed by atoms with Crippen molar-refractivity contribution >= 4 is 113 Å². The number of carbonyl (C=O) groups is 2. The fourth-order valence-corrected chi connectivity index (χ4v) is 7.48.